The molecular weight excluding hydrogens is 267 g/mol. The Bertz CT molecular complexity index is 527. The molecule has 1 aliphatic rings. The highest BCUT2D eigenvalue weighted by molar-refractivity contribution is 7.89. The summed E-state index contributed by atoms with van der Waals surface area (Å²) in [4.78, 5) is 0. The van der Waals surface area contributed by atoms with Crippen molar-refractivity contribution >= 4 is 10.0 Å². The molecule has 1 aliphatic heterocycles. The van der Waals surface area contributed by atoms with Crippen LogP contribution < -0.4 is 10.0 Å². The molecule has 19 heavy (non-hydrogen) atoms. The van der Waals surface area contributed by atoms with E-state index >= 15 is 0 Å². The molecule has 0 bridgehead atoms. The maximum atomic E-state index is 13.6. The van der Waals surface area contributed by atoms with Gasteiger partial charge < -0.3 is 5.32 Å². The van der Waals surface area contributed by atoms with Gasteiger partial charge in [0.15, 0.2) is 0 Å². The van der Waals surface area contributed by atoms with E-state index in [1.165, 1.54) is 6.07 Å². The summed E-state index contributed by atoms with van der Waals surface area (Å²) < 4.78 is 40.1. The first kappa shape index (κ1) is 14.4. The number of benzene rings is 1. The maximum absolute atomic E-state index is 13.6. The van der Waals surface area contributed by atoms with E-state index in [1.807, 2.05) is 0 Å². The fraction of sp³-hybridized carbons (Fsp3) is 0.538. The second-order valence-corrected chi connectivity index (χ2v) is 6.73. The molecule has 4 nitrogen and oxygen atoms in total. The molecule has 1 aromatic rings. The lowest BCUT2D eigenvalue weighted by molar-refractivity contribution is 0.539. The molecular formula is C13H19FN2O2S. The van der Waals surface area contributed by atoms with Gasteiger partial charge in [0.1, 0.15) is 5.82 Å². The van der Waals surface area contributed by atoms with Gasteiger partial charge >= 0.3 is 0 Å². The van der Waals surface area contributed by atoms with Gasteiger partial charge in [0, 0.05) is 17.6 Å². The van der Waals surface area contributed by atoms with E-state index in [9.17, 15) is 12.8 Å². The minimum atomic E-state index is -3.41. The number of rotatable bonds is 5. The standard InChI is InChI=1S/C13H19FN2O2S/c1-10(12-6-2-3-7-13(12)14)16-19(17,18)9-11-5-4-8-15-11/h2-3,6-7,10-11,15-16H,4-5,8-9H2,1H3. The molecule has 0 aliphatic carbocycles. The van der Waals surface area contributed by atoms with Crippen LogP contribution in [-0.2, 0) is 10.0 Å². The largest absolute Gasteiger partial charge is 0.313 e. The summed E-state index contributed by atoms with van der Waals surface area (Å²) in [5.41, 5.74) is 0.366. The lowest BCUT2D eigenvalue weighted by Gasteiger charge is -2.17. The van der Waals surface area contributed by atoms with Crippen LogP contribution in [0, 0.1) is 5.82 Å². The second-order valence-electron chi connectivity index (χ2n) is 4.94. The fourth-order valence-corrected chi connectivity index (χ4v) is 3.95. The monoisotopic (exact) mass is 286 g/mol. The van der Waals surface area contributed by atoms with Crippen molar-refractivity contribution in [3.8, 4) is 0 Å². The zero-order valence-corrected chi connectivity index (χ0v) is 11.7. The van der Waals surface area contributed by atoms with Crippen LogP contribution in [0.3, 0.4) is 0 Å². The lowest BCUT2D eigenvalue weighted by Crippen LogP contribution is -2.37. The molecule has 1 heterocycles. The quantitative estimate of drug-likeness (QED) is 0.863. The van der Waals surface area contributed by atoms with Gasteiger partial charge in [-0.05, 0) is 32.4 Å². The molecule has 6 heteroatoms. The summed E-state index contributed by atoms with van der Waals surface area (Å²) in [6, 6.07) is 5.65. The van der Waals surface area contributed by atoms with Crippen molar-refractivity contribution in [2.75, 3.05) is 12.3 Å². The van der Waals surface area contributed by atoms with Gasteiger partial charge in [-0.15, -0.1) is 0 Å². The molecule has 2 N–H and O–H groups in total. The molecule has 0 radical (unpaired) electrons. The summed E-state index contributed by atoms with van der Waals surface area (Å²) >= 11 is 0. The normalized spacial score (nSPS) is 21.5. The van der Waals surface area contributed by atoms with Gasteiger partial charge in [0.05, 0.1) is 5.75 Å². The highest BCUT2D eigenvalue weighted by atomic mass is 32.2. The molecule has 2 unspecified atom stereocenters. The Hall–Kier alpha value is -0.980. The Balaban J connectivity index is 2.01. The predicted octanol–water partition coefficient (Wildman–Crippen LogP) is 1.56. The number of nitrogens with one attached hydrogen (secondary N) is 2. The van der Waals surface area contributed by atoms with Crippen LogP contribution in [0.1, 0.15) is 31.4 Å². The minimum Gasteiger partial charge on any atom is -0.313 e. The Morgan fingerprint density at radius 3 is 2.84 bits per heavy atom. The summed E-state index contributed by atoms with van der Waals surface area (Å²) in [6.45, 7) is 2.51. The van der Waals surface area contributed by atoms with Crippen molar-refractivity contribution < 1.29 is 12.8 Å². The van der Waals surface area contributed by atoms with Gasteiger partial charge in [-0.3, -0.25) is 0 Å². The van der Waals surface area contributed by atoms with E-state index in [0.29, 0.717) is 5.56 Å². The van der Waals surface area contributed by atoms with E-state index in [-0.39, 0.29) is 11.8 Å². The topological polar surface area (TPSA) is 58.2 Å². The fourth-order valence-electron chi connectivity index (χ4n) is 2.37. The SMILES string of the molecule is CC(NS(=O)(=O)CC1CCCN1)c1ccccc1F. The van der Waals surface area contributed by atoms with Crippen LogP contribution >= 0.6 is 0 Å². The molecule has 1 saturated heterocycles. The second kappa shape index (κ2) is 5.98. The van der Waals surface area contributed by atoms with Gasteiger partial charge in [-0.2, -0.15) is 0 Å². The molecule has 2 rings (SSSR count). The number of sulfonamides is 1. The first-order valence-electron chi connectivity index (χ1n) is 6.46. The zero-order chi connectivity index (χ0) is 13.9. The smallest absolute Gasteiger partial charge is 0.213 e. The van der Waals surface area contributed by atoms with Crippen LogP contribution in [0.25, 0.3) is 0 Å². The Morgan fingerprint density at radius 2 is 2.21 bits per heavy atom. The van der Waals surface area contributed by atoms with Crippen molar-refractivity contribution in [1.29, 1.82) is 0 Å². The van der Waals surface area contributed by atoms with Crippen LogP contribution in [0.4, 0.5) is 4.39 Å². The molecule has 0 amide bonds. The summed E-state index contributed by atoms with van der Waals surface area (Å²) in [7, 11) is -3.41. The molecule has 0 spiro atoms. The van der Waals surface area contributed by atoms with Crippen LogP contribution in [0.5, 0.6) is 0 Å². The Labute approximate surface area is 113 Å². The highest BCUT2D eigenvalue weighted by Gasteiger charge is 2.24. The van der Waals surface area contributed by atoms with Gasteiger partial charge in [0.2, 0.25) is 10.0 Å². The van der Waals surface area contributed by atoms with Gasteiger partial charge in [0.25, 0.3) is 0 Å². The van der Waals surface area contributed by atoms with Crippen LogP contribution in [-0.4, -0.2) is 26.8 Å². The predicted molar refractivity (Wildman–Crippen MR) is 72.8 cm³/mol. The van der Waals surface area contributed by atoms with Crippen molar-refractivity contribution in [1.82, 2.24) is 10.0 Å². The minimum absolute atomic E-state index is 0.00493. The summed E-state index contributed by atoms with van der Waals surface area (Å²) in [5.74, 6) is -0.345. The third-order valence-electron chi connectivity index (χ3n) is 3.31. The molecule has 1 aromatic carbocycles. The summed E-state index contributed by atoms with van der Waals surface area (Å²) in [6.07, 6.45) is 1.87. The van der Waals surface area contributed by atoms with E-state index in [0.717, 1.165) is 19.4 Å². The van der Waals surface area contributed by atoms with Gasteiger partial charge in [-0.1, -0.05) is 18.2 Å². The van der Waals surface area contributed by atoms with E-state index in [1.54, 1.807) is 25.1 Å². The van der Waals surface area contributed by atoms with Crippen molar-refractivity contribution in [2.45, 2.75) is 31.8 Å². The average molecular weight is 286 g/mol. The summed E-state index contributed by atoms with van der Waals surface area (Å²) in [5, 5.41) is 3.14. The van der Waals surface area contributed by atoms with Crippen molar-refractivity contribution in [3.05, 3.63) is 35.6 Å². The zero-order valence-electron chi connectivity index (χ0n) is 10.9. The number of halogens is 1. The van der Waals surface area contributed by atoms with Crippen LogP contribution in [0.2, 0.25) is 0 Å². The Kier molecular flexibility index (Phi) is 4.54. The van der Waals surface area contributed by atoms with E-state index in [2.05, 4.69) is 10.0 Å². The van der Waals surface area contributed by atoms with E-state index in [4.69, 9.17) is 0 Å². The van der Waals surface area contributed by atoms with Crippen molar-refractivity contribution in [2.24, 2.45) is 0 Å². The Morgan fingerprint density at radius 1 is 1.47 bits per heavy atom. The molecule has 2 atom stereocenters. The number of hydrogen-bond acceptors (Lipinski definition) is 3. The first-order chi connectivity index (χ1) is 8.98. The maximum Gasteiger partial charge on any atom is 0.213 e. The average Bonchev–Trinajstić information content (AvgIpc) is 2.80. The molecule has 0 saturated carbocycles. The third-order valence-corrected chi connectivity index (χ3v) is 4.86. The highest BCUT2D eigenvalue weighted by Crippen LogP contribution is 2.17. The van der Waals surface area contributed by atoms with Crippen LogP contribution in [0.15, 0.2) is 24.3 Å². The first-order valence-corrected chi connectivity index (χ1v) is 8.11. The van der Waals surface area contributed by atoms with Gasteiger partial charge in [-0.25, -0.2) is 17.5 Å². The lowest BCUT2D eigenvalue weighted by atomic mass is 10.1. The molecule has 106 valence electrons. The third kappa shape index (κ3) is 3.99. The van der Waals surface area contributed by atoms with E-state index < -0.39 is 21.9 Å². The van der Waals surface area contributed by atoms with Crippen molar-refractivity contribution in [3.63, 3.8) is 0 Å². The molecule has 1 fully saturated rings. The number of hydrogen-bond donors (Lipinski definition) is 2. The molecule has 0 aromatic heterocycles.